The molecular formula is C24H22N3O5S+. The van der Waals surface area contributed by atoms with Gasteiger partial charge >= 0.3 is 10.7 Å². The second-order valence-electron chi connectivity index (χ2n) is 7.01. The van der Waals surface area contributed by atoms with Crippen LogP contribution in [0.25, 0.3) is 5.69 Å². The molecule has 9 heteroatoms. The number of para-hydroxylation sites is 1. The van der Waals surface area contributed by atoms with E-state index in [9.17, 15) is 9.59 Å². The van der Waals surface area contributed by atoms with Crippen molar-refractivity contribution in [2.45, 2.75) is 17.2 Å². The van der Waals surface area contributed by atoms with Crippen LogP contribution in [0.2, 0.25) is 0 Å². The van der Waals surface area contributed by atoms with Gasteiger partial charge in [0.25, 0.3) is 0 Å². The summed E-state index contributed by atoms with van der Waals surface area (Å²) in [6.45, 7) is 1.72. The lowest BCUT2D eigenvalue weighted by Crippen LogP contribution is -2.37. The summed E-state index contributed by atoms with van der Waals surface area (Å²) >= 11 is 1.10. The second kappa shape index (κ2) is 10.1. The Bertz CT molecular complexity index is 1270. The molecule has 33 heavy (non-hydrogen) atoms. The molecule has 4 aromatic rings. The fourth-order valence-corrected chi connectivity index (χ4v) is 3.85. The molecule has 0 bridgehead atoms. The molecule has 2 N–H and O–H groups in total. The first-order chi connectivity index (χ1) is 16.0. The van der Waals surface area contributed by atoms with Crippen molar-refractivity contribution in [1.82, 2.24) is 5.27 Å². The summed E-state index contributed by atoms with van der Waals surface area (Å²) < 4.78 is 17.4. The molecule has 1 atom stereocenters. The molecule has 0 aliphatic carbocycles. The maximum Gasteiger partial charge on any atom is 0.442 e. The number of amides is 1. The number of hydrogen-bond acceptors (Lipinski definition) is 6. The van der Waals surface area contributed by atoms with Gasteiger partial charge in [0, 0.05) is 17.8 Å². The molecule has 4 rings (SSSR count). The highest BCUT2D eigenvalue weighted by Gasteiger charge is 2.29. The zero-order valence-corrected chi connectivity index (χ0v) is 18.8. The first-order valence-electron chi connectivity index (χ1n) is 10.1. The average Bonchev–Trinajstić information content (AvgIpc) is 3.21. The molecule has 0 aliphatic heterocycles. The van der Waals surface area contributed by atoms with Crippen molar-refractivity contribution >= 4 is 23.4 Å². The molecule has 0 saturated carbocycles. The number of thioether (sulfide) groups is 1. The topological polar surface area (TPSA) is 97.4 Å². The predicted molar refractivity (Wildman–Crippen MR) is 124 cm³/mol. The summed E-state index contributed by atoms with van der Waals surface area (Å²) in [6.07, 6.45) is 0. The Balaban J connectivity index is 1.41. The minimum atomic E-state index is -0.562. The number of nitrogens with zero attached hydrogens (tertiary/aromatic N) is 1. The highest BCUT2D eigenvalue weighted by atomic mass is 32.2. The molecule has 1 heterocycles. The van der Waals surface area contributed by atoms with Crippen molar-refractivity contribution in [1.29, 1.82) is 0 Å². The van der Waals surface area contributed by atoms with Crippen molar-refractivity contribution in [2.75, 3.05) is 12.4 Å². The van der Waals surface area contributed by atoms with E-state index in [0.717, 1.165) is 17.5 Å². The minimum Gasteiger partial charge on any atom is -0.497 e. The Morgan fingerprint density at radius 3 is 2.27 bits per heavy atom. The van der Waals surface area contributed by atoms with Crippen molar-refractivity contribution in [2.24, 2.45) is 0 Å². The third kappa shape index (κ3) is 5.45. The second-order valence-corrected chi connectivity index (χ2v) is 8.34. The molecule has 1 unspecified atom stereocenters. The number of aromatic nitrogens is 2. The normalized spacial score (nSPS) is 11.6. The lowest BCUT2D eigenvalue weighted by molar-refractivity contribution is -0.704. The Labute approximate surface area is 194 Å². The fraction of sp³-hybridized carbons (Fsp3) is 0.125. The lowest BCUT2D eigenvalue weighted by Gasteiger charge is -2.10. The van der Waals surface area contributed by atoms with Gasteiger partial charge < -0.3 is 14.8 Å². The number of aromatic amines is 1. The highest BCUT2D eigenvalue weighted by molar-refractivity contribution is 8.00. The SMILES string of the molecule is COc1ccc(-[n+]2[nH]oc(=O)c2SC(C)C(=O)Nc2ccc(Oc3ccccc3)cc2)cc1. The van der Waals surface area contributed by atoms with Gasteiger partial charge in [-0.1, -0.05) is 18.2 Å². The van der Waals surface area contributed by atoms with Crippen molar-refractivity contribution in [3.63, 3.8) is 0 Å². The third-order valence-corrected chi connectivity index (χ3v) is 5.84. The van der Waals surface area contributed by atoms with Crippen LogP contribution in [0.3, 0.4) is 0 Å². The number of hydrogen-bond donors (Lipinski definition) is 2. The Kier molecular flexibility index (Phi) is 6.80. The van der Waals surface area contributed by atoms with Crippen LogP contribution in [0.5, 0.6) is 17.2 Å². The first kappa shape index (κ1) is 22.2. The number of benzene rings is 3. The standard InChI is InChI=1S/C24H21N3O5S/c1-16(33-23-24(29)32-26-27(23)18-10-14-19(30-2)15-11-18)22(28)25-17-8-12-21(13-9-17)31-20-6-4-3-5-7-20/h3-16H,1-2H3,(H-,25,26,28,29)/p+1. The molecule has 168 valence electrons. The summed E-state index contributed by atoms with van der Waals surface area (Å²) in [4.78, 5) is 25.0. The van der Waals surface area contributed by atoms with Gasteiger partial charge in [0.1, 0.15) is 17.2 Å². The molecule has 0 spiro atoms. The van der Waals surface area contributed by atoms with Gasteiger partial charge in [0.15, 0.2) is 0 Å². The van der Waals surface area contributed by atoms with E-state index in [1.807, 2.05) is 30.3 Å². The van der Waals surface area contributed by atoms with Gasteiger partial charge in [0.05, 0.1) is 12.4 Å². The van der Waals surface area contributed by atoms with Gasteiger partial charge in [0.2, 0.25) is 11.6 Å². The molecule has 1 aromatic heterocycles. The van der Waals surface area contributed by atoms with Crippen LogP contribution in [-0.4, -0.2) is 23.5 Å². The van der Waals surface area contributed by atoms with Crippen molar-refractivity contribution < 1.29 is 23.5 Å². The van der Waals surface area contributed by atoms with Gasteiger partial charge in [-0.25, -0.2) is 4.79 Å². The zero-order valence-electron chi connectivity index (χ0n) is 18.0. The smallest absolute Gasteiger partial charge is 0.442 e. The van der Waals surface area contributed by atoms with Gasteiger partial charge in [-0.15, -0.1) is 0 Å². The zero-order chi connectivity index (χ0) is 23.2. The number of rotatable bonds is 8. The lowest BCUT2D eigenvalue weighted by atomic mass is 10.3. The highest BCUT2D eigenvalue weighted by Crippen LogP contribution is 2.24. The van der Waals surface area contributed by atoms with E-state index in [1.54, 1.807) is 62.6 Å². The number of nitrogens with one attached hydrogen (secondary N) is 2. The Morgan fingerprint density at radius 1 is 0.970 bits per heavy atom. The van der Waals surface area contributed by atoms with Crippen LogP contribution in [0.4, 0.5) is 5.69 Å². The number of H-pyrrole nitrogens is 1. The molecule has 8 nitrogen and oxygen atoms in total. The van der Waals surface area contributed by atoms with E-state index in [1.165, 1.54) is 4.68 Å². The van der Waals surface area contributed by atoms with Gasteiger partial charge in [-0.2, -0.15) is 0 Å². The predicted octanol–water partition coefficient (Wildman–Crippen LogP) is 4.16. The minimum absolute atomic E-state index is 0.251. The van der Waals surface area contributed by atoms with Gasteiger partial charge in [-0.05, 0) is 77.2 Å². The number of methoxy groups -OCH3 is 1. The van der Waals surface area contributed by atoms with Crippen molar-refractivity contribution in [3.8, 4) is 22.9 Å². The Morgan fingerprint density at radius 2 is 1.61 bits per heavy atom. The maximum atomic E-state index is 12.7. The maximum absolute atomic E-state index is 12.7. The molecule has 1 amide bonds. The van der Waals surface area contributed by atoms with Crippen molar-refractivity contribution in [3.05, 3.63) is 89.3 Å². The van der Waals surface area contributed by atoms with E-state index >= 15 is 0 Å². The number of carbonyl (C=O) groups excluding carboxylic acids is 1. The first-order valence-corrected chi connectivity index (χ1v) is 11.0. The summed E-state index contributed by atoms with van der Waals surface area (Å²) in [5.74, 6) is 1.83. The van der Waals surface area contributed by atoms with Gasteiger partial charge in [-0.3, -0.25) is 9.32 Å². The summed E-state index contributed by atoms with van der Waals surface area (Å²) in [7, 11) is 1.58. The third-order valence-electron chi connectivity index (χ3n) is 4.70. The van der Waals surface area contributed by atoms with Crippen LogP contribution in [0.15, 0.2) is 93.2 Å². The number of anilines is 1. The molecule has 0 saturated heterocycles. The van der Waals surface area contributed by atoms with Crippen LogP contribution in [-0.2, 0) is 4.79 Å². The monoisotopic (exact) mass is 464 g/mol. The van der Waals surface area contributed by atoms with Crippen LogP contribution in [0, 0.1) is 0 Å². The summed E-state index contributed by atoms with van der Waals surface area (Å²) in [6, 6.07) is 23.6. The molecular weight excluding hydrogens is 442 g/mol. The van der Waals surface area contributed by atoms with E-state index in [4.69, 9.17) is 14.0 Å². The largest absolute Gasteiger partial charge is 0.497 e. The Hall–Kier alpha value is -3.98. The molecule has 0 aliphatic rings. The van der Waals surface area contributed by atoms with Crippen LogP contribution in [0.1, 0.15) is 6.92 Å². The van der Waals surface area contributed by atoms with E-state index in [2.05, 4.69) is 10.6 Å². The summed E-state index contributed by atoms with van der Waals surface area (Å²) in [5.41, 5.74) is 0.737. The molecule has 0 fully saturated rings. The summed E-state index contributed by atoms with van der Waals surface area (Å²) in [5, 5.41) is 5.12. The van der Waals surface area contributed by atoms with E-state index in [-0.39, 0.29) is 10.9 Å². The quantitative estimate of drug-likeness (QED) is 0.300. The number of carbonyl (C=O) groups is 1. The molecule has 0 radical (unpaired) electrons. The van der Waals surface area contributed by atoms with Crippen LogP contribution < -0.4 is 25.1 Å². The molecule has 3 aromatic carbocycles. The van der Waals surface area contributed by atoms with Crippen LogP contribution >= 0.6 is 11.8 Å². The fourth-order valence-electron chi connectivity index (χ4n) is 2.96. The van der Waals surface area contributed by atoms with E-state index < -0.39 is 10.9 Å². The average molecular weight is 465 g/mol. The van der Waals surface area contributed by atoms with E-state index in [0.29, 0.717) is 22.9 Å². The number of ether oxygens (including phenoxy) is 2.